The number of benzene rings is 1. The molecule has 8 heteroatoms. The van der Waals surface area contributed by atoms with Crippen LogP contribution in [-0.2, 0) is 9.59 Å². The van der Waals surface area contributed by atoms with Crippen LogP contribution < -0.4 is 10.6 Å². The van der Waals surface area contributed by atoms with Gasteiger partial charge in [-0.1, -0.05) is 12.1 Å². The highest BCUT2D eigenvalue weighted by Crippen LogP contribution is 2.12. The van der Waals surface area contributed by atoms with Crippen LogP contribution in [-0.4, -0.2) is 34.2 Å². The van der Waals surface area contributed by atoms with E-state index in [1.165, 1.54) is 18.2 Å². The Morgan fingerprint density at radius 2 is 1.86 bits per heavy atom. The largest absolute Gasteiger partial charge is 0.481 e. The second kappa shape index (κ2) is 7.83. The molecule has 1 aromatic rings. The molecule has 0 aliphatic rings. The van der Waals surface area contributed by atoms with Crippen molar-refractivity contribution in [1.29, 1.82) is 0 Å². The molecule has 0 aliphatic heterocycles. The topological polar surface area (TPSA) is 116 Å². The summed E-state index contributed by atoms with van der Waals surface area (Å²) in [5.74, 6) is -2.98. The lowest BCUT2D eigenvalue weighted by atomic mass is 10.1. The van der Waals surface area contributed by atoms with Gasteiger partial charge in [0.25, 0.3) is 0 Å². The van der Waals surface area contributed by atoms with Crippen LogP contribution in [0.3, 0.4) is 0 Å². The van der Waals surface area contributed by atoms with Gasteiger partial charge in [0, 0.05) is 6.42 Å². The number of carboxylic acids is 2. The first-order chi connectivity index (χ1) is 9.90. The minimum absolute atomic E-state index is 0.0354. The van der Waals surface area contributed by atoms with Crippen molar-refractivity contribution in [1.82, 2.24) is 5.32 Å². The first kappa shape index (κ1) is 16.4. The minimum Gasteiger partial charge on any atom is -0.481 e. The third-order valence-electron chi connectivity index (χ3n) is 2.61. The molecule has 0 aliphatic carbocycles. The van der Waals surface area contributed by atoms with Crippen LogP contribution >= 0.6 is 0 Å². The normalized spacial score (nSPS) is 11.5. The number of carboxylic acid groups (broad SMARTS) is 2. The third-order valence-corrected chi connectivity index (χ3v) is 2.61. The molecule has 0 unspecified atom stereocenters. The molecular formula is C13H15FN2O5. The molecule has 1 rings (SSSR count). The van der Waals surface area contributed by atoms with E-state index < -0.39 is 29.8 Å². The molecule has 0 saturated heterocycles. The number of nitrogens with one attached hydrogen (secondary N) is 2. The number of amides is 2. The molecule has 1 atom stereocenters. The second-order valence-corrected chi connectivity index (χ2v) is 4.26. The maximum Gasteiger partial charge on any atom is 0.326 e. The highest BCUT2D eigenvalue weighted by atomic mass is 19.1. The predicted molar refractivity (Wildman–Crippen MR) is 71.5 cm³/mol. The van der Waals surface area contributed by atoms with E-state index in [0.717, 1.165) is 6.07 Å². The molecule has 7 nitrogen and oxygen atoms in total. The fourth-order valence-corrected chi connectivity index (χ4v) is 1.59. The van der Waals surface area contributed by atoms with Gasteiger partial charge < -0.3 is 20.8 Å². The van der Waals surface area contributed by atoms with Crippen molar-refractivity contribution in [3.8, 4) is 0 Å². The maximum absolute atomic E-state index is 13.3. The van der Waals surface area contributed by atoms with Crippen LogP contribution in [0.5, 0.6) is 0 Å². The highest BCUT2D eigenvalue weighted by Gasteiger charge is 2.20. The van der Waals surface area contributed by atoms with Gasteiger partial charge in [0.2, 0.25) is 0 Å². The SMILES string of the molecule is O=C(O)CCC[C@@H](NC(=O)Nc1ccccc1F)C(=O)O. The number of rotatable bonds is 7. The summed E-state index contributed by atoms with van der Waals surface area (Å²) in [6.07, 6.45) is -0.126. The smallest absolute Gasteiger partial charge is 0.326 e. The number of hydrogen-bond donors (Lipinski definition) is 4. The van der Waals surface area contributed by atoms with Gasteiger partial charge >= 0.3 is 18.0 Å². The highest BCUT2D eigenvalue weighted by molar-refractivity contribution is 5.92. The molecule has 0 fully saturated rings. The number of urea groups is 1. The Labute approximate surface area is 119 Å². The van der Waals surface area contributed by atoms with Crippen molar-refractivity contribution < 1.29 is 29.0 Å². The quantitative estimate of drug-likeness (QED) is 0.611. The molecule has 2 amide bonds. The first-order valence-corrected chi connectivity index (χ1v) is 6.17. The Bertz CT molecular complexity index is 535. The van der Waals surface area contributed by atoms with Gasteiger partial charge in [0.15, 0.2) is 0 Å². The Hall–Kier alpha value is -2.64. The molecule has 4 N–H and O–H groups in total. The van der Waals surface area contributed by atoms with Crippen molar-refractivity contribution in [3.05, 3.63) is 30.1 Å². The Morgan fingerprint density at radius 1 is 1.19 bits per heavy atom. The average molecular weight is 298 g/mol. The van der Waals surface area contributed by atoms with Gasteiger partial charge in [0.1, 0.15) is 11.9 Å². The van der Waals surface area contributed by atoms with E-state index in [4.69, 9.17) is 10.2 Å². The summed E-state index contributed by atoms with van der Waals surface area (Å²) in [6.45, 7) is 0. The number of carbonyl (C=O) groups is 3. The van der Waals surface area contributed by atoms with Gasteiger partial charge in [-0.25, -0.2) is 14.0 Å². The van der Waals surface area contributed by atoms with Crippen molar-refractivity contribution in [2.75, 3.05) is 5.32 Å². The lowest BCUT2D eigenvalue weighted by Crippen LogP contribution is -2.43. The fourth-order valence-electron chi connectivity index (χ4n) is 1.59. The number of aliphatic carboxylic acids is 2. The van der Waals surface area contributed by atoms with Crippen molar-refractivity contribution in [3.63, 3.8) is 0 Å². The summed E-state index contributed by atoms with van der Waals surface area (Å²) in [5.41, 5.74) is -0.0790. The van der Waals surface area contributed by atoms with Crippen LogP contribution in [0.2, 0.25) is 0 Å². The monoisotopic (exact) mass is 298 g/mol. The van der Waals surface area contributed by atoms with Crippen LogP contribution in [0.15, 0.2) is 24.3 Å². The standard InChI is InChI=1S/C13H15FN2O5/c14-8-4-1-2-5-9(8)15-13(21)16-10(12(19)20)6-3-7-11(17)18/h1-2,4-5,10H,3,6-7H2,(H,17,18)(H,19,20)(H2,15,16,21)/t10-/m1/s1. The lowest BCUT2D eigenvalue weighted by Gasteiger charge is -2.15. The zero-order valence-corrected chi connectivity index (χ0v) is 11.0. The number of para-hydroxylation sites is 1. The van der Waals surface area contributed by atoms with Gasteiger partial charge in [-0.05, 0) is 25.0 Å². The Morgan fingerprint density at radius 3 is 2.43 bits per heavy atom. The summed E-state index contributed by atoms with van der Waals surface area (Å²) >= 11 is 0. The van der Waals surface area contributed by atoms with E-state index in [0.29, 0.717) is 0 Å². The van der Waals surface area contributed by atoms with Crippen molar-refractivity contribution in [2.24, 2.45) is 0 Å². The molecule has 0 spiro atoms. The molecule has 0 heterocycles. The van der Waals surface area contributed by atoms with Crippen LogP contribution in [0.1, 0.15) is 19.3 Å². The summed E-state index contributed by atoms with van der Waals surface area (Å²) in [5, 5.41) is 21.8. The molecule has 1 aromatic carbocycles. The number of carbonyl (C=O) groups excluding carboxylic acids is 1. The third kappa shape index (κ3) is 5.89. The van der Waals surface area contributed by atoms with Gasteiger partial charge in [-0.15, -0.1) is 0 Å². The van der Waals surface area contributed by atoms with Crippen molar-refractivity contribution >= 4 is 23.7 Å². The lowest BCUT2D eigenvalue weighted by molar-refractivity contribution is -0.140. The average Bonchev–Trinajstić information content (AvgIpc) is 2.39. The second-order valence-electron chi connectivity index (χ2n) is 4.26. The van der Waals surface area contributed by atoms with Gasteiger partial charge in [0.05, 0.1) is 5.69 Å². The van der Waals surface area contributed by atoms with E-state index in [9.17, 15) is 18.8 Å². The molecule has 0 radical (unpaired) electrons. The van der Waals surface area contributed by atoms with E-state index in [2.05, 4.69) is 10.6 Å². The van der Waals surface area contributed by atoms with Gasteiger partial charge in [-0.3, -0.25) is 4.79 Å². The molecular weight excluding hydrogens is 283 g/mol. The molecule has 0 saturated carbocycles. The maximum atomic E-state index is 13.3. The molecule has 0 bridgehead atoms. The molecule has 21 heavy (non-hydrogen) atoms. The van der Waals surface area contributed by atoms with Crippen LogP contribution in [0.25, 0.3) is 0 Å². The number of anilines is 1. The van der Waals surface area contributed by atoms with Crippen molar-refractivity contribution in [2.45, 2.75) is 25.3 Å². The number of halogens is 1. The Kier molecular flexibility index (Phi) is 6.12. The van der Waals surface area contributed by atoms with E-state index in [1.54, 1.807) is 0 Å². The van der Waals surface area contributed by atoms with Gasteiger partial charge in [-0.2, -0.15) is 0 Å². The summed E-state index contributed by atoms with van der Waals surface area (Å²) in [6, 6.07) is 3.33. The molecule has 0 aromatic heterocycles. The van der Waals surface area contributed by atoms with Crippen LogP contribution in [0.4, 0.5) is 14.9 Å². The summed E-state index contributed by atoms with van der Waals surface area (Å²) in [4.78, 5) is 32.9. The van der Waals surface area contributed by atoms with E-state index in [-0.39, 0.29) is 24.9 Å². The Balaban J connectivity index is 2.54. The molecule has 114 valence electrons. The zero-order chi connectivity index (χ0) is 15.8. The van der Waals surface area contributed by atoms with E-state index >= 15 is 0 Å². The summed E-state index contributed by atoms with van der Waals surface area (Å²) < 4.78 is 13.3. The summed E-state index contributed by atoms with van der Waals surface area (Å²) in [7, 11) is 0. The zero-order valence-electron chi connectivity index (χ0n) is 11.0. The van der Waals surface area contributed by atoms with E-state index in [1.807, 2.05) is 0 Å². The minimum atomic E-state index is -1.29. The predicted octanol–water partition coefficient (Wildman–Crippen LogP) is 1.66. The fraction of sp³-hybridized carbons (Fsp3) is 0.308. The van der Waals surface area contributed by atoms with Crippen LogP contribution in [0, 0.1) is 5.82 Å². The number of hydrogen-bond acceptors (Lipinski definition) is 3. The first-order valence-electron chi connectivity index (χ1n) is 6.17.